The van der Waals surface area contributed by atoms with Gasteiger partial charge in [0, 0.05) is 44.3 Å². The third kappa shape index (κ3) is 4.54. The van der Waals surface area contributed by atoms with E-state index < -0.39 is 0 Å². The number of hydrogen-bond donors (Lipinski definition) is 1. The van der Waals surface area contributed by atoms with Crippen LogP contribution in [0.25, 0.3) is 5.65 Å². The first-order chi connectivity index (χ1) is 13.1. The molecule has 4 rings (SSSR count). The Hall–Kier alpha value is -2.36. The molecule has 1 fully saturated rings. The average Bonchev–Trinajstić information content (AvgIpc) is 3.09. The van der Waals surface area contributed by atoms with Gasteiger partial charge in [-0.3, -0.25) is 0 Å². The molecule has 8 heteroatoms. The Kier molecular flexibility index (Phi) is 6.38. The Morgan fingerprint density at radius 1 is 1.14 bits per heavy atom. The predicted octanol–water partition coefficient (Wildman–Crippen LogP) is 3.04. The number of nitrogens with zero attached hydrogens (tertiary/aromatic N) is 5. The number of aryl methyl sites for hydroxylation is 1. The van der Waals surface area contributed by atoms with E-state index in [4.69, 9.17) is 5.73 Å². The highest BCUT2D eigenvalue weighted by atomic mass is 127. The van der Waals surface area contributed by atoms with E-state index in [9.17, 15) is 4.39 Å². The summed E-state index contributed by atoms with van der Waals surface area (Å²) in [4.78, 5) is 13.4. The molecule has 2 aromatic heterocycles. The zero-order chi connectivity index (χ0) is 18.8. The summed E-state index contributed by atoms with van der Waals surface area (Å²) >= 11 is 0. The van der Waals surface area contributed by atoms with Gasteiger partial charge in [0.15, 0.2) is 5.96 Å². The summed E-state index contributed by atoms with van der Waals surface area (Å²) < 4.78 is 15.1. The summed E-state index contributed by atoms with van der Waals surface area (Å²) in [6.45, 7) is 5.75. The van der Waals surface area contributed by atoms with Crippen molar-refractivity contribution in [2.24, 2.45) is 10.7 Å². The minimum atomic E-state index is -0.212. The quantitative estimate of drug-likeness (QED) is 0.346. The minimum absolute atomic E-state index is 0. The molecule has 148 valence electrons. The molecule has 0 atom stereocenters. The van der Waals surface area contributed by atoms with Gasteiger partial charge in [-0.2, -0.15) is 0 Å². The van der Waals surface area contributed by atoms with Crippen LogP contribution >= 0.6 is 24.0 Å². The van der Waals surface area contributed by atoms with Crippen LogP contribution in [0.2, 0.25) is 0 Å². The lowest BCUT2D eigenvalue weighted by molar-refractivity contribution is 0.380. The number of benzene rings is 1. The molecule has 3 aromatic rings. The van der Waals surface area contributed by atoms with Crippen LogP contribution in [-0.2, 0) is 6.54 Å². The maximum atomic E-state index is 13.1. The summed E-state index contributed by atoms with van der Waals surface area (Å²) in [5.41, 5.74) is 10.2. The van der Waals surface area contributed by atoms with Crippen LogP contribution in [0.15, 0.2) is 53.8 Å². The number of fused-ring (bicyclic) bond motifs is 1. The molecule has 0 amide bonds. The van der Waals surface area contributed by atoms with Gasteiger partial charge in [0.1, 0.15) is 11.5 Å². The maximum absolute atomic E-state index is 13.1. The van der Waals surface area contributed by atoms with Crippen molar-refractivity contribution in [3.63, 3.8) is 0 Å². The lowest BCUT2D eigenvalue weighted by Crippen LogP contribution is -2.51. The molecule has 0 aliphatic carbocycles. The van der Waals surface area contributed by atoms with E-state index in [1.165, 1.54) is 17.7 Å². The summed E-state index contributed by atoms with van der Waals surface area (Å²) in [5, 5.41) is 0. The monoisotopic (exact) mass is 494 g/mol. The van der Waals surface area contributed by atoms with Gasteiger partial charge in [-0.25, -0.2) is 14.4 Å². The molecular weight excluding hydrogens is 470 g/mol. The summed E-state index contributed by atoms with van der Waals surface area (Å²) in [7, 11) is 0. The van der Waals surface area contributed by atoms with Crippen molar-refractivity contribution in [3.8, 4) is 0 Å². The number of guanidine groups is 1. The normalized spacial score (nSPS) is 15.0. The van der Waals surface area contributed by atoms with Crippen LogP contribution < -0.4 is 10.6 Å². The number of nitrogens with two attached hydrogens (primary N) is 1. The number of imidazole rings is 1. The average molecular weight is 494 g/mol. The van der Waals surface area contributed by atoms with Gasteiger partial charge in [0.05, 0.1) is 12.2 Å². The zero-order valence-electron chi connectivity index (χ0n) is 15.8. The van der Waals surface area contributed by atoms with Crippen molar-refractivity contribution >= 4 is 41.3 Å². The molecule has 0 bridgehead atoms. The molecule has 0 unspecified atom stereocenters. The van der Waals surface area contributed by atoms with Crippen molar-refractivity contribution in [1.29, 1.82) is 0 Å². The van der Waals surface area contributed by atoms with Crippen molar-refractivity contribution in [1.82, 2.24) is 14.3 Å². The van der Waals surface area contributed by atoms with Crippen LogP contribution in [0.3, 0.4) is 0 Å². The van der Waals surface area contributed by atoms with E-state index in [2.05, 4.69) is 32.8 Å². The molecule has 1 saturated heterocycles. The Bertz CT molecular complexity index is 960. The Morgan fingerprint density at radius 2 is 1.86 bits per heavy atom. The fourth-order valence-corrected chi connectivity index (χ4v) is 3.32. The number of anilines is 1. The number of halogens is 2. The number of aliphatic imine (C=N–C) groups is 1. The second-order valence-electron chi connectivity index (χ2n) is 6.83. The van der Waals surface area contributed by atoms with E-state index in [0.717, 1.165) is 43.2 Å². The third-order valence-corrected chi connectivity index (χ3v) is 4.86. The van der Waals surface area contributed by atoms with E-state index in [-0.39, 0.29) is 29.8 Å². The zero-order valence-corrected chi connectivity index (χ0v) is 18.1. The van der Waals surface area contributed by atoms with Crippen LogP contribution in [0.1, 0.15) is 11.3 Å². The van der Waals surface area contributed by atoms with E-state index in [1.54, 1.807) is 0 Å². The Labute approximate surface area is 180 Å². The van der Waals surface area contributed by atoms with Crippen LogP contribution in [-0.4, -0.2) is 46.4 Å². The molecule has 28 heavy (non-hydrogen) atoms. The van der Waals surface area contributed by atoms with Crippen LogP contribution in [0.5, 0.6) is 0 Å². The lowest BCUT2D eigenvalue weighted by atomic mass is 10.2. The highest BCUT2D eigenvalue weighted by Gasteiger charge is 2.18. The van der Waals surface area contributed by atoms with Gasteiger partial charge in [0.2, 0.25) is 0 Å². The Morgan fingerprint density at radius 3 is 2.57 bits per heavy atom. The molecule has 0 spiro atoms. The topological polar surface area (TPSA) is 62.2 Å². The van der Waals surface area contributed by atoms with Gasteiger partial charge in [0.25, 0.3) is 0 Å². The van der Waals surface area contributed by atoms with Gasteiger partial charge in [-0.15, -0.1) is 24.0 Å². The molecular formula is C20H24FIN6. The molecule has 2 N–H and O–H groups in total. The van der Waals surface area contributed by atoms with Gasteiger partial charge in [-0.05, 0) is 48.9 Å². The molecule has 0 saturated carbocycles. The van der Waals surface area contributed by atoms with Crippen LogP contribution in [0.4, 0.5) is 10.1 Å². The van der Waals surface area contributed by atoms with Gasteiger partial charge in [-0.1, -0.05) is 0 Å². The largest absolute Gasteiger partial charge is 0.370 e. The number of pyridine rings is 1. The highest BCUT2D eigenvalue weighted by molar-refractivity contribution is 14.0. The van der Waals surface area contributed by atoms with Crippen molar-refractivity contribution < 1.29 is 4.39 Å². The van der Waals surface area contributed by atoms with Crippen molar-refractivity contribution in [2.75, 3.05) is 31.1 Å². The van der Waals surface area contributed by atoms with Gasteiger partial charge >= 0.3 is 0 Å². The van der Waals surface area contributed by atoms with E-state index in [0.29, 0.717) is 12.5 Å². The first kappa shape index (κ1) is 20.4. The fourth-order valence-electron chi connectivity index (χ4n) is 3.32. The number of aromatic nitrogens is 2. The Balaban J connectivity index is 0.00000225. The molecule has 3 heterocycles. The number of piperazine rings is 1. The van der Waals surface area contributed by atoms with E-state index >= 15 is 0 Å². The molecule has 0 radical (unpaired) electrons. The first-order valence-electron chi connectivity index (χ1n) is 9.08. The maximum Gasteiger partial charge on any atom is 0.191 e. The fraction of sp³-hybridized carbons (Fsp3) is 0.300. The second kappa shape index (κ2) is 8.76. The molecule has 1 aliphatic heterocycles. The minimum Gasteiger partial charge on any atom is -0.370 e. The lowest BCUT2D eigenvalue weighted by Gasteiger charge is -2.36. The van der Waals surface area contributed by atoms with Crippen LogP contribution in [0, 0.1) is 12.7 Å². The second-order valence-corrected chi connectivity index (χ2v) is 6.83. The third-order valence-electron chi connectivity index (χ3n) is 4.86. The van der Waals surface area contributed by atoms with E-state index in [1.807, 2.05) is 35.0 Å². The molecule has 1 aliphatic rings. The number of hydrogen-bond acceptors (Lipinski definition) is 3. The standard InChI is InChI=1S/C20H23FN6.HI/c1-15-6-7-27-14-17(24-19(27)12-15)13-23-20(22)26-10-8-25(9-11-26)18-4-2-16(21)3-5-18;/h2-7,12,14H,8-11,13H2,1H3,(H2,22,23);1H. The summed E-state index contributed by atoms with van der Waals surface area (Å²) in [5.74, 6) is 0.331. The van der Waals surface area contributed by atoms with Gasteiger partial charge < -0.3 is 19.9 Å². The number of rotatable bonds is 3. The highest BCUT2D eigenvalue weighted by Crippen LogP contribution is 2.17. The predicted molar refractivity (Wildman–Crippen MR) is 121 cm³/mol. The smallest absolute Gasteiger partial charge is 0.191 e. The summed E-state index contributed by atoms with van der Waals surface area (Å²) in [6.07, 6.45) is 3.99. The summed E-state index contributed by atoms with van der Waals surface area (Å²) in [6, 6.07) is 10.7. The first-order valence-corrected chi connectivity index (χ1v) is 9.08. The van der Waals surface area contributed by atoms with Crippen molar-refractivity contribution in [3.05, 3.63) is 65.9 Å². The molecule has 1 aromatic carbocycles. The molecule has 6 nitrogen and oxygen atoms in total. The SMILES string of the molecule is Cc1ccn2cc(CN=C(N)N3CCN(c4ccc(F)cc4)CC3)nc2c1.I. The van der Waals surface area contributed by atoms with Crippen molar-refractivity contribution in [2.45, 2.75) is 13.5 Å².